The van der Waals surface area contributed by atoms with Crippen molar-refractivity contribution in [3.63, 3.8) is 0 Å². The molecule has 0 spiro atoms. The number of rotatable bonds is 8. The molecule has 1 saturated heterocycles. The van der Waals surface area contributed by atoms with Gasteiger partial charge in [0.15, 0.2) is 11.5 Å². The van der Waals surface area contributed by atoms with Crippen molar-refractivity contribution in [2.45, 2.75) is 51.2 Å². The van der Waals surface area contributed by atoms with Crippen LogP contribution in [-0.2, 0) is 15.0 Å². The van der Waals surface area contributed by atoms with E-state index in [1.165, 1.54) is 0 Å². The highest BCUT2D eigenvalue weighted by atomic mass is 16.6. The summed E-state index contributed by atoms with van der Waals surface area (Å²) in [6.07, 6.45) is 4.03. The second-order valence-electron chi connectivity index (χ2n) is 12.2. The van der Waals surface area contributed by atoms with E-state index in [2.05, 4.69) is 32.7 Å². The van der Waals surface area contributed by atoms with Crippen LogP contribution in [0.4, 0.5) is 16.4 Å². The van der Waals surface area contributed by atoms with Gasteiger partial charge in [0.05, 0.1) is 24.3 Å². The van der Waals surface area contributed by atoms with Gasteiger partial charge in [-0.2, -0.15) is 0 Å². The zero-order valence-electron chi connectivity index (χ0n) is 25.1. The average molecular weight is 585 g/mol. The quantitative estimate of drug-likeness (QED) is 0.269. The molecule has 0 radical (unpaired) electrons. The Labute approximate surface area is 251 Å². The van der Waals surface area contributed by atoms with Crippen LogP contribution >= 0.6 is 0 Å². The van der Waals surface area contributed by atoms with Crippen molar-refractivity contribution in [2.75, 3.05) is 50.4 Å². The normalized spacial score (nSPS) is 16.9. The monoisotopic (exact) mass is 584 g/mol. The van der Waals surface area contributed by atoms with Crippen LogP contribution in [0.3, 0.4) is 0 Å². The minimum Gasteiger partial charge on any atom is -0.444 e. The van der Waals surface area contributed by atoms with Crippen LogP contribution in [-0.4, -0.2) is 75.5 Å². The number of nitrogens with zero attached hydrogens (tertiary/aromatic N) is 5. The number of imidazole rings is 1. The van der Waals surface area contributed by atoms with Crippen molar-refractivity contribution in [2.24, 2.45) is 0 Å². The second kappa shape index (κ2) is 11.8. The summed E-state index contributed by atoms with van der Waals surface area (Å²) in [5.74, 6) is 1.84. The summed E-state index contributed by atoms with van der Waals surface area (Å²) < 4.78 is 13.1. The number of morpholine rings is 1. The fourth-order valence-corrected chi connectivity index (χ4v) is 5.70. The molecule has 0 bridgehead atoms. The average Bonchev–Trinajstić information content (AvgIpc) is 3.33. The molecular formula is C32H40N8O3. The van der Waals surface area contributed by atoms with Crippen molar-refractivity contribution in [3.8, 4) is 17.1 Å². The van der Waals surface area contributed by atoms with Crippen molar-refractivity contribution in [3.05, 3.63) is 60.3 Å². The Kier molecular flexibility index (Phi) is 7.93. The molecule has 6 rings (SSSR count). The SMILES string of the molecule is CC(C)(C)OC(=O)NC1(c2ccc(-n3c(-c4cccnc4N)nc4ccc(NCCN5CCOCC5)nc43)cc2)CCC1. The van der Waals surface area contributed by atoms with Gasteiger partial charge in [0.25, 0.3) is 0 Å². The number of fused-ring (bicyclic) bond motifs is 1. The number of hydrogen-bond acceptors (Lipinski definition) is 9. The topological polar surface area (TPSA) is 132 Å². The predicted molar refractivity (Wildman–Crippen MR) is 167 cm³/mol. The Morgan fingerprint density at radius 1 is 1.07 bits per heavy atom. The number of anilines is 2. The first-order valence-corrected chi connectivity index (χ1v) is 15.0. The van der Waals surface area contributed by atoms with Crippen molar-refractivity contribution in [1.29, 1.82) is 0 Å². The Morgan fingerprint density at radius 2 is 1.84 bits per heavy atom. The Balaban J connectivity index is 1.32. The van der Waals surface area contributed by atoms with Crippen molar-refractivity contribution < 1.29 is 14.3 Å². The summed E-state index contributed by atoms with van der Waals surface area (Å²) in [6, 6.07) is 15.9. The molecule has 4 heterocycles. The minimum absolute atomic E-state index is 0.398. The van der Waals surface area contributed by atoms with Crippen LogP contribution in [0.2, 0.25) is 0 Å². The lowest BCUT2D eigenvalue weighted by atomic mass is 9.72. The van der Waals surface area contributed by atoms with Crippen LogP contribution in [0, 0.1) is 0 Å². The van der Waals surface area contributed by atoms with Gasteiger partial charge in [-0.1, -0.05) is 12.1 Å². The minimum atomic E-state index is -0.560. The molecule has 4 N–H and O–H groups in total. The predicted octanol–water partition coefficient (Wildman–Crippen LogP) is 4.71. The lowest BCUT2D eigenvalue weighted by molar-refractivity contribution is 0.0377. The molecule has 1 aromatic carbocycles. The van der Waals surface area contributed by atoms with Crippen molar-refractivity contribution in [1.82, 2.24) is 29.7 Å². The van der Waals surface area contributed by atoms with Crippen LogP contribution in [0.15, 0.2) is 54.7 Å². The van der Waals surface area contributed by atoms with Gasteiger partial charge in [-0.3, -0.25) is 9.47 Å². The second-order valence-corrected chi connectivity index (χ2v) is 12.2. The number of nitrogen functional groups attached to an aromatic ring is 1. The molecule has 4 aromatic rings. The number of amides is 1. The molecule has 1 aliphatic carbocycles. The maximum absolute atomic E-state index is 12.7. The molecule has 226 valence electrons. The van der Waals surface area contributed by atoms with Crippen LogP contribution < -0.4 is 16.4 Å². The fraction of sp³-hybridized carbons (Fsp3) is 0.438. The smallest absolute Gasteiger partial charge is 0.408 e. The van der Waals surface area contributed by atoms with Gasteiger partial charge in [-0.05, 0) is 82.0 Å². The largest absolute Gasteiger partial charge is 0.444 e. The molecule has 43 heavy (non-hydrogen) atoms. The number of nitrogens with one attached hydrogen (secondary N) is 2. The number of carbonyl (C=O) groups is 1. The highest BCUT2D eigenvalue weighted by Crippen LogP contribution is 2.42. The highest BCUT2D eigenvalue weighted by Gasteiger charge is 2.41. The standard InChI is InChI=1S/C32H40N8O3/c1-31(2,3)43-30(41)38-32(13-5-14-32)22-7-9-23(10-8-22)40-28(24-6-4-15-35-27(24)33)36-25-11-12-26(37-29(25)40)34-16-17-39-18-20-42-21-19-39/h4,6-12,15H,5,13-14,16-21H2,1-3H3,(H2,33,35)(H,34,37)(H,38,41). The molecular weight excluding hydrogens is 544 g/mol. The number of benzene rings is 1. The number of carbonyl (C=O) groups excluding carboxylic acids is 1. The van der Waals surface area contributed by atoms with Crippen LogP contribution in [0.25, 0.3) is 28.2 Å². The maximum atomic E-state index is 12.7. The van der Waals surface area contributed by atoms with Gasteiger partial charge in [-0.25, -0.2) is 19.7 Å². The number of pyridine rings is 2. The molecule has 2 aliphatic rings. The van der Waals surface area contributed by atoms with Gasteiger partial charge in [0.1, 0.15) is 22.8 Å². The molecule has 3 aromatic heterocycles. The maximum Gasteiger partial charge on any atom is 0.408 e. The summed E-state index contributed by atoms with van der Waals surface area (Å²) in [5, 5.41) is 6.62. The molecule has 1 amide bonds. The lowest BCUT2D eigenvalue weighted by Gasteiger charge is -2.43. The third-order valence-electron chi connectivity index (χ3n) is 8.05. The number of hydrogen-bond donors (Lipinski definition) is 3. The summed E-state index contributed by atoms with van der Waals surface area (Å²) in [5.41, 5.74) is 9.44. The molecule has 2 fully saturated rings. The summed E-state index contributed by atoms with van der Waals surface area (Å²) in [6.45, 7) is 10.8. The number of alkyl carbamates (subject to hydrolysis) is 1. The van der Waals surface area contributed by atoms with Crippen molar-refractivity contribution >= 4 is 28.9 Å². The van der Waals surface area contributed by atoms with Gasteiger partial charge in [0.2, 0.25) is 0 Å². The first-order chi connectivity index (χ1) is 20.7. The van der Waals surface area contributed by atoms with Gasteiger partial charge < -0.3 is 25.8 Å². The van der Waals surface area contributed by atoms with Gasteiger partial charge >= 0.3 is 6.09 Å². The van der Waals surface area contributed by atoms with Gasteiger partial charge in [-0.15, -0.1) is 0 Å². The van der Waals surface area contributed by atoms with E-state index in [9.17, 15) is 4.79 Å². The van der Waals surface area contributed by atoms with E-state index in [0.29, 0.717) is 17.3 Å². The van der Waals surface area contributed by atoms with E-state index < -0.39 is 17.2 Å². The molecule has 1 saturated carbocycles. The Morgan fingerprint density at radius 3 is 2.51 bits per heavy atom. The first kappa shape index (κ1) is 28.9. The summed E-state index contributed by atoms with van der Waals surface area (Å²) in [4.78, 5) is 29.3. The van der Waals surface area contributed by atoms with E-state index in [4.69, 9.17) is 25.2 Å². The summed E-state index contributed by atoms with van der Waals surface area (Å²) in [7, 11) is 0. The van der Waals surface area contributed by atoms with E-state index in [1.807, 2.05) is 61.7 Å². The van der Waals surface area contributed by atoms with E-state index in [0.717, 1.165) is 86.8 Å². The zero-order valence-corrected chi connectivity index (χ0v) is 25.1. The van der Waals surface area contributed by atoms with E-state index in [1.54, 1.807) is 6.20 Å². The third kappa shape index (κ3) is 6.28. The molecule has 0 unspecified atom stereocenters. The highest BCUT2D eigenvalue weighted by molar-refractivity contribution is 5.83. The molecule has 11 heteroatoms. The third-order valence-corrected chi connectivity index (χ3v) is 8.05. The van der Waals surface area contributed by atoms with Gasteiger partial charge in [0, 0.05) is 38.1 Å². The number of ether oxygens (including phenoxy) is 2. The lowest BCUT2D eigenvalue weighted by Crippen LogP contribution is -2.52. The Hall–Kier alpha value is -4.22. The van der Waals surface area contributed by atoms with E-state index >= 15 is 0 Å². The van der Waals surface area contributed by atoms with E-state index in [-0.39, 0.29) is 0 Å². The fourth-order valence-electron chi connectivity index (χ4n) is 5.70. The molecule has 1 aliphatic heterocycles. The van der Waals surface area contributed by atoms with Crippen LogP contribution in [0.5, 0.6) is 0 Å². The van der Waals surface area contributed by atoms with Crippen LogP contribution in [0.1, 0.15) is 45.6 Å². The molecule has 0 atom stereocenters. The molecule has 11 nitrogen and oxygen atoms in total. The number of nitrogens with two attached hydrogens (primary N) is 1. The first-order valence-electron chi connectivity index (χ1n) is 15.0. The Bertz CT molecular complexity index is 1580. The summed E-state index contributed by atoms with van der Waals surface area (Å²) >= 11 is 0. The number of aromatic nitrogens is 4. The zero-order chi connectivity index (χ0) is 30.0.